The van der Waals surface area contributed by atoms with Gasteiger partial charge in [-0.15, -0.1) is 0 Å². The maximum atomic E-state index is 11.7. The molecule has 2 rings (SSSR count). The van der Waals surface area contributed by atoms with Crippen molar-refractivity contribution >= 4 is 6.09 Å². The SMILES string of the molecule is COC(=O)N1CCc2cc(OC)c(OC)cc2[C@H]1C. The van der Waals surface area contributed by atoms with Gasteiger partial charge in [-0.3, -0.25) is 0 Å². The first-order chi connectivity index (χ1) is 9.12. The normalized spacial score (nSPS) is 17.7. The Labute approximate surface area is 113 Å². The summed E-state index contributed by atoms with van der Waals surface area (Å²) in [7, 11) is 4.63. The number of ether oxygens (including phenoxy) is 3. The summed E-state index contributed by atoms with van der Waals surface area (Å²) in [6.07, 6.45) is 0.489. The number of benzene rings is 1. The molecule has 0 fully saturated rings. The van der Waals surface area contributed by atoms with Gasteiger partial charge in [-0.05, 0) is 36.6 Å². The predicted molar refractivity (Wildman–Crippen MR) is 70.8 cm³/mol. The summed E-state index contributed by atoms with van der Waals surface area (Å²) in [5.41, 5.74) is 2.26. The fraction of sp³-hybridized carbons (Fsp3) is 0.500. The molecular weight excluding hydrogens is 246 g/mol. The van der Waals surface area contributed by atoms with Gasteiger partial charge in [-0.2, -0.15) is 0 Å². The zero-order valence-electron chi connectivity index (χ0n) is 11.7. The molecule has 19 heavy (non-hydrogen) atoms. The first-order valence-electron chi connectivity index (χ1n) is 6.21. The fourth-order valence-electron chi connectivity index (χ4n) is 2.51. The summed E-state index contributed by atoms with van der Waals surface area (Å²) in [5.74, 6) is 1.40. The number of rotatable bonds is 2. The van der Waals surface area contributed by atoms with Crippen molar-refractivity contribution < 1.29 is 19.0 Å². The molecule has 0 saturated heterocycles. The summed E-state index contributed by atoms with van der Waals surface area (Å²) in [6, 6.07) is 3.89. The van der Waals surface area contributed by atoms with Crippen molar-refractivity contribution in [2.75, 3.05) is 27.9 Å². The number of methoxy groups -OCH3 is 3. The van der Waals surface area contributed by atoms with Gasteiger partial charge in [0, 0.05) is 6.54 Å². The molecule has 1 aliphatic rings. The molecule has 104 valence electrons. The molecule has 1 heterocycles. The predicted octanol–water partition coefficient (Wildman–Crippen LogP) is 2.39. The van der Waals surface area contributed by atoms with E-state index in [0.717, 1.165) is 17.7 Å². The van der Waals surface area contributed by atoms with E-state index in [4.69, 9.17) is 14.2 Å². The molecular formula is C14H19NO4. The number of carbonyl (C=O) groups excluding carboxylic acids is 1. The van der Waals surface area contributed by atoms with Crippen LogP contribution in [0.2, 0.25) is 0 Å². The van der Waals surface area contributed by atoms with Gasteiger partial charge in [-0.1, -0.05) is 0 Å². The lowest BCUT2D eigenvalue weighted by atomic mass is 9.93. The molecule has 0 N–H and O–H groups in total. The van der Waals surface area contributed by atoms with E-state index in [1.54, 1.807) is 19.1 Å². The van der Waals surface area contributed by atoms with Crippen molar-refractivity contribution in [2.45, 2.75) is 19.4 Å². The van der Waals surface area contributed by atoms with Crippen LogP contribution in [0.15, 0.2) is 12.1 Å². The molecule has 0 unspecified atom stereocenters. The van der Waals surface area contributed by atoms with Gasteiger partial charge in [0.1, 0.15) is 0 Å². The molecule has 1 atom stereocenters. The minimum absolute atomic E-state index is 0.0315. The molecule has 5 nitrogen and oxygen atoms in total. The Morgan fingerprint density at radius 3 is 2.42 bits per heavy atom. The smallest absolute Gasteiger partial charge is 0.409 e. The maximum absolute atomic E-state index is 11.7. The van der Waals surface area contributed by atoms with Gasteiger partial charge in [0.15, 0.2) is 11.5 Å². The van der Waals surface area contributed by atoms with Crippen LogP contribution in [0.1, 0.15) is 24.1 Å². The van der Waals surface area contributed by atoms with Crippen LogP contribution in [0.5, 0.6) is 11.5 Å². The molecule has 0 aliphatic carbocycles. The van der Waals surface area contributed by atoms with Gasteiger partial charge in [0.05, 0.1) is 27.4 Å². The van der Waals surface area contributed by atoms with Gasteiger partial charge in [0.2, 0.25) is 0 Å². The van der Waals surface area contributed by atoms with Gasteiger partial charge >= 0.3 is 6.09 Å². The lowest BCUT2D eigenvalue weighted by molar-refractivity contribution is 0.105. The number of hydrogen-bond donors (Lipinski definition) is 0. The number of fused-ring (bicyclic) bond motifs is 1. The van der Waals surface area contributed by atoms with Crippen molar-refractivity contribution in [3.63, 3.8) is 0 Å². The summed E-state index contributed by atoms with van der Waals surface area (Å²) in [6.45, 7) is 2.64. The second-order valence-electron chi connectivity index (χ2n) is 4.50. The summed E-state index contributed by atoms with van der Waals surface area (Å²) in [4.78, 5) is 13.4. The summed E-state index contributed by atoms with van der Waals surface area (Å²) < 4.78 is 15.4. The molecule has 0 saturated carbocycles. The second-order valence-corrected chi connectivity index (χ2v) is 4.50. The maximum Gasteiger partial charge on any atom is 0.409 e. The topological polar surface area (TPSA) is 48.0 Å². The largest absolute Gasteiger partial charge is 0.493 e. The van der Waals surface area contributed by atoms with E-state index < -0.39 is 0 Å². The van der Waals surface area contributed by atoms with Gasteiger partial charge in [-0.25, -0.2) is 4.79 Å². The van der Waals surface area contributed by atoms with Crippen LogP contribution in [-0.4, -0.2) is 38.9 Å². The molecule has 0 radical (unpaired) electrons. The molecule has 0 aromatic heterocycles. The van der Waals surface area contributed by atoms with E-state index >= 15 is 0 Å². The Bertz CT molecular complexity index is 487. The standard InChI is InChI=1S/C14H19NO4/c1-9-11-8-13(18-3)12(17-2)7-10(11)5-6-15(9)14(16)19-4/h7-9H,5-6H2,1-4H3/t9-/m1/s1. The lowest BCUT2D eigenvalue weighted by Gasteiger charge is -2.34. The molecule has 5 heteroatoms. The quantitative estimate of drug-likeness (QED) is 0.823. The highest BCUT2D eigenvalue weighted by Gasteiger charge is 2.29. The molecule has 0 spiro atoms. The Balaban J connectivity index is 2.40. The molecule has 1 aromatic carbocycles. The Morgan fingerprint density at radius 2 is 1.84 bits per heavy atom. The first-order valence-corrected chi connectivity index (χ1v) is 6.21. The van der Waals surface area contributed by atoms with E-state index in [-0.39, 0.29) is 12.1 Å². The van der Waals surface area contributed by atoms with Crippen LogP contribution in [0, 0.1) is 0 Å². The molecule has 1 aliphatic heterocycles. The summed E-state index contributed by atoms with van der Waals surface area (Å²) in [5, 5.41) is 0. The highest BCUT2D eigenvalue weighted by Crippen LogP contribution is 2.37. The van der Waals surface area contributed by atoms with Crippen LogP contribution in [0.4, 0.5) is 4.79 Å². The van der Waals surface area contributed by atoms with Crippen molar-refractivity contribution in [3.8, 4) is 11.5 Å². The third-order valence-electron chi connectivity index (χ3n) is 3.59. The Hall–Kier alpha value is -1.91. The summed E-state index contributed by atoms with van der Waals surface area (Å²) >= 11 is 0. The fourth-order valence-corrected chi connectivity index (χ4v) is 2.51. The minimum atomic E-state index is -0.298. The highest BCUT2D eigenvalue weighted by molar-refractivity contribution is 5.69. The van der Waals surface area contributed by atoms with E-state index in [1.165, 1.54) is 12.7 Å². The average Bonchev–Trinajstić information content (AvgIpc) is 2.45. The third-order valence-corrected chi connectivity index (χ3v) is 3.59. The van der Waals surface area contributed by atoms with Crippen LogP contribution in [0.25, 0.3) is 0 Å². The Kier molecular flexibility index (Phi) is 3.83. The molecule has 0 bridgehead atoms. The number of amides is 1. The van der Waals surface area contributed by atoms with Crippen molar-refractivity contribution in [1.82, 2.24) is 4.90 Å². The van der Waals surface area contributed by atoms with Crippen LogP contribution in [-0.2, 0) is 11.2 Å². The monoisotopic (exact) mass is 265 g/mol. The zero-order valence-corrected chi connectivity index (χ0v) is 11.7. The average molecular weight is 265 g/mol. The van der Waals surface area contributed by atoms with E-state index in [0.29, 0.717) is 12.3 Å². The highest BCUT2D eigenvalue weighted by atomic mass is 16.5. The Morgan fingerprint density at radius 1 is 1.21 bits per heavy atom. The lowest BCUT2D eigenvalue weighted by Crippen LogP contribution is -2.38. The second kappa shape index (κ2) is 5.38. The van der Waals surface area contributed by atoms with E-state index in [9.17, 15) is 4.79 Å². The van der Waals surface area contributed by atoms with Crippen molar-refractivity contribution in [2.24, 2.45) is 0 Å². The van der Waals surface area contributed by atoms with Crippen molar-refractivity contribution in [1.29, 1.82) is 0 Å². The van der Waals surface area contributed by atoms with Crippen LogP contribution < -0.4 is 9.47 Å². The number of carbonyl (C=O) groups is 1. The van der Waals surface area contributed by atoms with E-state index in [1.807, 2.05) is 19.1 Å². The van der Waals surface area contributed by atoms with Gasteiger partial charge in [0.25, 0.3) is 0 Å². The molecule has 1 amide bonds. The van der Waals surface area contributed by atoms with Crippen LogP contribution >= 0.6 is 0 Å². The van der Waals surface area contributed by atoms with E-state index in [2.05, 4.69) is 0 Å². The van der Waals surface area contributed by atoms with Gasteiger partial charge < -0.3 is 19.1 Å². The van der Waals surface area contributed by atoms with Crippen molar-refractivity contribution in [3.05, 3.63) is 23.3 Å². The minimum Gasteiger partial charge on any atom is -0.493 e. The number of hydrogen-bond acceptors (Lipinski definition) is 4. The van der Waals surface area contributed by atoms with Crippen LogP contribution in [0.3, 0.4) is 0 Å². The molecule has 1 aromatic rings. The first kappa shape index (κ1) is 13.5. The third kappa shape index (κ3) is 2.32. The zero-order chi connectivity index (χ0) is 14.0. The number of nitrogens with zero attached hydrogens (tertiary/aromatic N) is 1.